The van der Waals surface area contributed by atoms with Crippen molar-refractivity contribution in [2.24, 2.45) is 0 Å². The topological polar surface area (TPSA) is 52.3 Å². The van der Waals surface area contributed by atoms with E-state index in [9.17, 15) is 4.79 Å². The van der Waals surface area contributed by atoms with E-state index in [0.29, 0.717) is 17.9 Å². The van der Waals surface area contributed by atoms with Gasteiger partial charge in [-0.05, 0) is 24.6 Å². The highest BCUT2D eigenvalue weighted by molar-refractivity contribution is 5.90. The molecule has 0 saturated carbocycles. The molecule has 2 N–H and O–H groups in total. The van der Waals surface area contributed by atoms with Crippen LogP contribution in [0.25, 0.3) is 0 Å². The third-order valence-electron chi connectivity index (χ3n) is 3.10. The summed E-state index contributed by atoms with van der Waals surface area (Å²) in [6.45, 7) is 2.72. The fourth-order valence-corrected chi connectivity index (χ4v) is 1.97. The van der Waals surface area contributed by atoms with Crippen LogP contribution in [-0.4, -0.2) is 12.6 Å². The molecule has 0 fully saturated rings. The van der Waals surface area contributed by atoms with Crippen LogP contribution >= 0.6 is 0 Å². The highest BCUT2D eigenvalue weighted by Crippen LogP contribution is 2.10. The molecule has 19 heavy (non-hydrogen) atoms. The Morgan fingerprint density at radius 3 is 2.47 bits per heavy atom. The molecule has 1 rings (SSSR count). The van der Waals surface area contributed by atoms with Gasteiger partial charge in [-0.1, -0.05) is 51.5 Å². The number of carbonyl (C=O) groups is 1. The summed E-state index contributed by atoms with van der Waals surface area (Å²) in [5.41, 5.74) is 6.74. The second-order valence-electron chi connectivity index (χ2n) is 4.88. The van der Waals surface area contributed by atoms with Crippen molar-refractivity contribution in [2.75, 3.05) is 12.3 Å². The Bertz CT molecular complexity index is 377. The van der Waals surface area contributed by atoms with Gasteiger partial charge < -0.3 is 10.5 Å². The van der Waals surface area contributed by atoms with Crippen LogP contribution in [0.15, 0.2) is 24.3 Å². The van der Waals surface area contributed by atoms with Gasteiger partial charge >= 0.3 is 5.97 Å². The Morgan fingerprint density at radius 2 is 1.79 bits per heavy atom. The van der Waals surface area contributed by atoms with Gasteiger partial charge in [0.25, 0.3) is 0 Å². The van der Waals surface area contributed by atoms with Gasteiger partial charge in [-0.15, -0.1) is 0 Å². The molecule has 0 amide bonds. The molecule has 106 valence electrons. The van der Waals surface area contributed by atoms with E-state index < -0.39 is 0 Å². The Kier molecular flexibility index (Phi) is 7.71. The molecular weight excluding hydrogens is 238 g/mol. The lowest BCUT2D eigenvalue weighted by Crippen LogP contribution is -2.06. The first-order chi connectivity index (χ1) is 9.24. The summed E-state index contributed by atoms with van der Waals surface area (Å²) in [4.78, 5) is 11.7. The standard InChI is InChI=1S/C16H25NO2/c1-2-3-4-5-6-7-8-12-19-16(18)14-10-9-11-15(17)13-14/h9-11,13H,2-8,12,17H2,1H3. The third kappa shape index (κ3) is 6.85. The van der Waals surface area contributed by atoms with E-state index in [1.54, 1.807) is 24.3 Å². The Balaban J connectivity index is 2.08. The Morgan fingerprint density at radius 1 is 1.11 bits per heavy atom. The molecule has 3 heteroatoms. The molecule has 0 aliphatic heterocycles. The number of unbranched alkanes of at least 4 members (excludes halogenated alkanes) is 6. The van der Waals surface area contributed by atoms with Gasteiger partial charge in [0.05, 0.1) is 12.2 Å². The smallest absolute Gasteiger partial charge is 0.338 e. The molecule has 0 unspecified atom stereocenters. The number of benzene rings is 1. The average Bonchev–Trinajstić information content (AvgIpc) is 2.41. The van der Waals surface area contributed by atoms with E-state index in [-0.39, 0.29) is 5.97 Å². The molecule has 0 saturated heterocycles. The van der Waals surface area contributed by atoms with Gasteiger partial charge in [-0.25, -0.2) is 4.79 Å². The van der Waals surface area contributed by atoms with Gasteiger partial charge in [-0.2, -0.15) is 0 Å². The van der Waals surface area contributed by atoms with E-state index >= 15 is 0 Å². The molecule has 0 atom stereocenters. The van der Waals surface area contributed by atoms with Crippen molar-refractivity contribution < 1.29 is 9.53 Å². The number of hydrogen-bond acceptors (Lipinski definition) is 3. The molecule has 0 heterocycles. The summed E-state index contributed by atoms with van der Waals surface area (Å²) in [7, 11) is 0. The first kappa shape index (κ1) is 15.5. The highest BCUT2D eigenvalue weighted by Gasteiger charge is 2.06. The van der Waals surface area contributed by atoms with Crippen molar-refractivity contribution in [3.8, 4) is 0 Å². The molecule has 0 spiro atoms. The van der Waals surface area contributed by atoms with Gasteiger partial charge in [0.15, 0.2) is 0 Å². The lowest BCUT2D eigenvalue weighted by Gasteiger charge is -2.05. The van der Waals surface area contributed by atoms with E-state index in [1.165, 1.54) is 32.1 Å². The van der Waals surface area contributed by atoms with Crippen LogP contribution in [0.3, 0.4) is 0 Å². The number of ether oxygens (including phenoxy) is 1. The van der Waals surface area contributed by atoms with Crippen molar-refractivity contribution >= 4 is 11.7 Å². The van der Waals surface area contributed by atoms with Crippen LogP contribution < -0.4 is 5.73 Å². The minimum absolute atomic E-state index is 0.279. The largest absolute Gasteiger partial charge is 0.462 e. The van der Waals surface area contributed by atoms with Crippen LogP contribution in [0.5, 0.6) is 0 Å². The predicted octanol–water partition coefficient (Wildman–Crippen LogP) is 4.18. The highest BCUT2D eigenvalue weighted by atomic mass is 16.5. The molecule has 1 aromatic rings. The monoisotopic (exact) mass is 263 g/mol. The first-order valence-corrected chi connectivity index (χ1v) is 7.26. The minimum Gasteiger partial charge on any atom is -0.462 e. The van der Waals surface area contributed by atoms with E-state index in [0.717, 1.165) is 12.8 Å². The van der Waals surface area contributed by atoms with Gasteiger partial charge in [0.2, 0.25) is 0 Å². The number of hydrogen-bond donors (Lipinski definition) is 1. The third-order valence-corrected chi connectivity index (χ3v) is 3.10. The molecule has 0 bridgehead atoms. The molecule has 0 aliphatic carbocycles. The lowest BCUT2D eigenvalue weighted by atomic mass is 10.1. The van der Waals surface area contributed by atoms with Crippen LogP contribution in [0.2, 0.25) is 0 Å². The van der Waals surface area contributed by atoms with Gasteiger partial charge in [0.1, 0.15) is 0 Å². The summed E-state index contributed by atoms with van der Waals surface area (Å²) < 4.78 is 5.22. The van der Waals surface area contributed by atoms with E-state index in [1.807, 2.05) is 0 Å². The van der Waals surface area contributed by atoms with Crippen LogP contribution in [-0.2, 0) is 4.74 Å². The molecule has 1 aromatic carbocycles. The lowest BCUT2D eigenvalue weighted by molar-refractivity contribution is 0.0497. The van der Waals surface area contributed by atoms with Crippen LogP contribution in [0.4, 0.5) is 5.69 Å². The maximum Gasteiger partial charge on any atom is 0.338 e. The number of anilines is 1. The average molecular weight is 263 g/mol. The quantitative estimate of drug-likeness (QED) is 0.413. The number of nitrogen functional groups attached to an aromatic ring is 1. The molecule has 0 radical (unpaired) electrons. The molecule has 0 aliphatic rings. The summed E-state index contributed by atoms with van der Waals surface area (Å²) in [6.07, 6.45) is 8.52. The maximum atomic E-state index is 11.7. The Hall–Kier alpha value is -1.51. The maximum absolute atomic E-state index is 11.7. The zero-order valence-electron chi connectivity index (χ0n) is 11.9. The van der Waals surface area contributed by atoms with Crippen molar-refractivity contribution in [3.05, 3.63) is 29.8 Å². The normalized spacial score (nSPS) is 10.4. The van der Waals surface area contributed by atoms with Crippen LogP contribution in [0.1, 0.15) is 62.2 Å². The van der Waals surface area contributed by atoms with Crippen molar-refractivity contribution in [1.29, 1.82) is 0 Å². The second-order valence-corrected chi connectivity index (χ2v) is 4.88. The number of esters is 1. The van der Waals surface area contributed by atoms with Crippen molar-refractivity contribution in [2.45, 2.75) is 51.9 Å². The fraction of sp³-hybridized carbons (Fsp3) is 0.562. The number of carbonyl (C=O) groups excluding carboxylic acids is 1. The van der Waals surface area contributed by atoms with Crippen molar-refractivity contribution in [3.63, 3.8) is 0 Å². The molecule has 0 aromatic heterocycles. The fourth-order valence-electron chi connectivity index (χ4n) is 1.97. The van der Waals surface area contributed by atoms with E-state index in [4.69, 9.17) is 10.5 Å². The summed E-state index contributed by atoms with van der Waals surface area (Å²) >= 11 is 0. The summed E-state index contributed by atoms with van der Waals surface area (Å²) in [5.74, 6) is -0.279. The van der Waals surface area contributed by atoms with Crippen LogP contribution in [0, 0.1) is 0 Å². The predicted molar refractivity (Wildman–Crippen MR) is 79.1 cm³/mol. The molecular formula is C16H25NO2. The minimum atomic E-state index is -0.279. The van der Waals surface area contributed by atoms with E-state index in [2.05, 4.69) is 6.92 Å². The van der Waals surface area contributed by atoms with Crippen molar-refractivity contribution in [1.82, 2.24) is 0 Å². The number of rotatable bonds is 9. The van der Waals surface area contributed by atoms with Gasteiger partial charge in [-0.3, -0.25) is 0 Å². The zero-order valence-corrected chi connectivity index (χ0v) is 11.9. The van der Waals surface area contributed by atoms with Gasteiger partial charge in [0, 0.05) is 5.69 Å². The number of nitrogens with two attached hydrogens (primary N) is 1. The first-order valence-electron chi connectivity index (χ1n) is 7.26. The summed E-state index contributed by atoms with van der Waals surface area (Å²) in [5, 5.41) is 0. The zero-order chi connectivity index (χ0) is 13.9. The second kappa shape index (κ2) is 9.42. The Labute approximate surface area is 116 Å². The summed E-state index contributed by atoms with van der Waals surface area (Å²) in [6, 6.07) is 6.89. The molecule has 3 nitrogen and oxygen atoms in total. The SMILES string of the molecule is CCCCCCCCCOC(=O)c1cccc(N)c1.